The number of benzene rings is 1. The predicted molar refractivity (Wildman–Crippen MR) is 95.3 cm³/mol. The highest BCUT2D eigenvalue weighted by Gasteiger charge is 2.38. The first-order valence-electron chi connectivity index (χ1n) is 8.68. The Morgan fingerprint density at radius 2 is 2.04 bits per heavy atom. The van der Waals surface area contributed by atoms with Crippen LogP contribution in [-0.4, -0.2) is 47.0 Å². The highest BCUT2D eigenvalue weighted by molar-refractivity contribution is 6.32. The van der Waals surface area contributed by atoms with E-state index in [0.29, 0.717) is 12.2 Å². The number of carboxylic acid groups (broad SMARTS) is 1. The molecule has 0 aromatic heterocycles. The molecule has 7 nitrogen and oxygen atoms in total. The van der Waals surface area contributed by atoms with E-state index in [9.17, 15) is 14.4 Å². The van der Waals surface area contributed by atoms with E-state index in [2.05, 4.69) is 5.32 Å². The van der Waals surface area contributed by atoms with E-state index < -0.39 is 12.6 Å². The van der Waals surface area contributed by atoms with E-state index in [1.165, 1.54) is 12.1 Å². The van der Waals surface area contributed by atoms with Crippen LogP contribution < -0.4 is 10.1 Å². The first-order valence-corrected chi connectivity index (χ1v) is 9.06. The van der Waals surface area contributed by atoms with Gasteiger partial charge in [-0.25, -0.2) is 4.79 Å². The number of halogens is 1. The summed E-state index contributed by atoms with van der Waals surface area (Å²) in [6, 6.07) is 4.88. The van der Waals surface area contributed by atoms with Crippen LogP contribution in [-0.2, 0) is 14.4 Å². The summed E-state index contributed by atoms with van der Waals surface area (Å²) in [5.41, 5.74) is 0.481. The number of nitrogens with one attached hydrogen (secondary N) is 1. The highest BCUT2D eigenvalue weighted by atomic mass is 35.5. The maximum atomic E-state index is 12.5. The fourth-order valence-corrected chi connectivity index (χ4v) is 3.79. The van der Waals surface area contributed by atoms with Gasteiger partial charge in [0.25, 0.3) is 0 Å². The van der Waals surface area contributed by atoms with Crippen LogP contribution in [0.1, 0.15) is 32.1 Å². The summed E-state index contributed by atoms with van der Waals surface area (Å²) in [6.45, 7) is -0.0323. The average molecular weight is 381 g/mol. The number of carboxylic acids is 1. The van der Waals surface area contributed by atoms with Gasteiger partial charge in [0.05, 0.1) is 10.9 Å². The van der Waals surface area contributed by atoms with Gasteiger partial charge in [-0.15, -0.1) is 0 Å². The fraction of sp³-hybridized carbons (Fsp3) is 0.500. The maximum Gasteiger partial charge on any atom is 0.341 e. The summed E-state index contributed by atoms with van der Waals surface area (Å²) >= 11 is 6.06. The van der Waals surface area contributed by atoms with E-state index in [4.69, 9.17) is 21.4 Å². The van der Waals surface area contributed by atoms with Gasteiger partial charge in [0.2, 0.25) is 11.8 Å². The van der Waals surface area contributed by atoms with Crippen LogP contribution in [0.15, 0.2) is 18.2 Å². The number of hydrogen-bond donors (Lipinski definition) is 2. The molecular weight excluding hydrogens is 360 g/mol. The summed E-state index contributed by atoms with van der Waals surface area (Å²) in [4.78, 5) is 37.1. The van der Waals surface area contributed by atoms with Gasteiger partial charge < -0.3 is 20.1 Å². The Labute approximate surface area is 156 Å². The van der Waals surface area contributed by atoms with Gasteiger partial charge in [-0.1, -0.05) is 24.4 Å². The summed E-state index contributed by atoms with van der Waals surface area (Å²) < 4.78 is 5.05. The van der Waals surface area contributed by atoms with Crippen molar-refractivity contribution in [1.29, 1.82) is 0 Å². The molecule has 2 aliphatic rings. The number of nitrogens with zero attached hydrogens (tertiary/aromatic N) is 1. The Balaban J connectivity index is 1.58. The number of hydrogen-bond acceptors (Lipinski definition) is 4. The van der Waals surface area contributed by atoms with Gasteiger partial charge in [-0.3, -0.25) is 9.59 Å². The molecule has 26 heavy (non-hydrogen) atoms. The molecule has 1 atom stereocenters. The van der Waals surface area contributed by atoms with Gasteiger partial charge in [-0.05, 0) is 31.0 Å². The SMILES string of the molecule is O=C(O)COc1ccc(NC(=O)C2CC(=O)N(C3CCCC3)C2)cc1Cl. The second kappa shape index (κ2) is 7.95. The Morgan fingerprint density at radius 3 is 2.69 bits per heavy atom. The molecule has 1 aromatic carbocycles. The van der Waals surface area contributed by atoms with Crippen molar-refractivity contribution in [3.05, 3.63) is 23.2 Å². The summed E-state index contributed by atoms with van der Waals surface area (Å²) in [5, 5.41) is 11.6. The van der Waals surface area contributed by atoms with Crippen molar-refractivity contribution in [2.24, 2.45) is 5.92 Å². The summed E-state index contributed by atoms with van der Waals surface area (Å²) in [7, 11) is 0. The van der Waals surface area contributed by atoms with Gasteiger partial charge in [0.15, 0.2) is 6.61 Å². The van der Waals surface area contributed by atoms with Crippen molar-refractivity contribution < 1.29 is 24.2 Å². The normalized spacial score (nSPS) is 20.4. The number of aliphatic carboxylic acids is 1. The number of anilines is 1. The first-order chi connectivity index (χ1) is 12.4. The zero-order chi connectivity index (χ0) is 18.7. The molecule has 2 amide bonds. The maximum absolute atomic E-state index is 12.5. The third-order valence-corrected chi connectivity index (χ3v) is 5.14. The van der Waals surface area contributed by atoms with Crippen molar-refractivity contribution in [2.45, 2.75) is 38.1 Å². The first kappa shape index (κ1) is 18.5. The lowest BCUT2D eigenvalue weighted by molar-refractivity contribution is -0.139. The molecule has 0 bridgehead atoms. The topological polar surface area (TPSA) is 95.9 Å². The second-order valence-electron chi connectivity index (χ2n) is 6.70. The minimum Gasteiger partial charge on any atom is -0.480 e. The molecular formula is C18H21ClN2O5. The number of carbonyl (C=O) groups excluding carboxylic acids is 2. The van der Waals surface area contributed by atoms with Crippen molar-refractivity contribution in [3.63, 3.8) is 0 Å². The summed E-state index contributed by atoms with van der Waals surface area (Å²) in [6.07, 6.45) is 4.55. The van der Waals surface area contributed by atoms with Crippen LogP contribution >= 0.6 is 11.6 Å². The molecule has 0 spiro atoms. The Hall–Kier alpha value is -2.28. The largest absolute Gasteiger partial charge is 0.480 e. The van der Waals surface area contributed by atoms with Crippen LogP contribution in [0.2, 0.25) is 5.02 Å². The minimum absolute atomic E-state index is 0.0486. The third kappa shape index (κ3) is 4.27. The molecule has 8 heteroatoms. The van der Waals surface area contributed by atoms with Crippen molar-refractivity contribution in [2.75, 3.05) is 18.5 Å². The van der Waals surface area contributed by atoms with Gasteiger partial charge in [-0.2, -0.15) is 0 Å². The number of rotatable bonds is 6. The van der Waals surface area contributed by atoms with Gasteiger partial charge in [0.1, 0.15) is 5.75 Å². The lowest BCUT2D eigenvalue weighted by atomic mass is 10.1. The van der Waals surface area contributed by atoms with E-state index in [1.807, 2.05) is 4.90 Å². The molecule has 1 saturated carbocycles. The van der Waals surface area contributed by atoms with Crippen LogP contribution in [0.3, 0.4) is 0 Å². The van der Waals surface area contributed by atoms with E-state index in [0.717, 1.165) is 25.7 Å². The van der Waals surface area contributed by atoms with Crippen LogP contribution in [0, 0.1) is 5.92 Å². The quantitative estimate of drug-likeness (QED) is 0.790. The predicted octanol–water partition coefficient (Wildman–Crippen LogP) is 2.53. The van der Waals surface area contributed by atoms with Crippen LogP contribution in [0.4, 0.5) is 5.69 Å². The average Bonchev–Trinajstić information content (AvgIpc) is 3.23. The van der Waals surface area contributed by atoms with E-state index in [-0.39, 0.29) is 41.0 Å². The van der Waals surface area contributed by atoms with E-state index in [1.54, 1.807) is 6.07 Å². The molecule has 1 unspecified atom stereocenters. The zero-order valence-corrected chi connectivity index (χ0v) is 15.0. The monoisotopic (exact) mass is 380 g/mol. The van der Waals surface area contributed by atoms with Crippen molar-refractivity contribution >= 4 is 35.1 Å². The molecule has 2 N–H and O–H groups in total. The van der Waals surface area contributed by atoms with Gasteiger partial charge >= 0.3 is 5.97 Å². The summed E-state index contributed by atoms with van der Waals surface area (Å²) in [5.74, 6) is -1.40. The molecule has 2 fully saturated rings. The Kier molecular flexibility index (Phi) is 5.66. The number of amides is 2. The van der Waals surface area contributed by atoms with Crippen molar-refractivity contribution in [1.82, 2.24) is 4.90 Å². The third-order valence-electron chi connectivity index (χ3n) is 4.85. The van der Waals surface area contributed by atoms with Crippen LogP contribution in [0.5, 0.6) is 5.75 Å². The van der Waals surface area contributed by atoms with Crippen molar-refractivity contribution in [3.8, 4) is 5.75 Å². The lowest BCUT2D eigenvalue weighted by Crippen LogP contribution is -2.35. The zero-order valence-electron chi connectivity index (χ0n) is 14.2. The van der Waals surface area contributed by atoms with Gasteiger partial charge in [0, 0.05) is 24.7 Å². The molecule has 1 aliphatic carbocycles. The van der Waals surface area contributed by atoms with E-state index >= 15 is 0 Å². The number of ether oxygens (including phenoxy) is 1. The second-order valence-corrected chi connectivity index (χ2v) is 7.11. The fourth-order valence-electron chi connectivity index (χ4n) is 3.56. The smallest absolute Gasteiger partial charge is 0.341 e. The molecule has 1 heterocycles. The standard InChI is InChI=1S/C18H21ClN2O5/c19-14-8-12(5-6-15(14)26-10-17(23)24)20-18(25)11-7-16(22)21(9-11)13-3-1-2-4-13/h5-6,8,11,13H,1-4,7,9-10H2,(H,20,25)(H,23,24). The Morgan fingerprint density at radius 1 is 1.31 bits per heavy atom. The minimum atomic E-state index is -1.10. The van der Waals surface area contributed by atoms with Crippen LogP contribution in [0.25, 0.3) is 0 Å². The Bertz CT molecular complexity index is 718. The highest BCUT2D eigenvalue weighted by Crippen LogP contribution is 2.31. The lowest BCUT2D eigenvalue weighted by Gasteiger charge is -2.23. The number of carbonyl (C=O) groups is 3. The molecule has 0 radical (unpaired) electrons. The molecule has 1 saturated heterocycles. The molecule has 140 valence electrons. The molecule has 1 aromatic rings. The molecule has 3 rings (SSSR count). The number of likely N-dealkylation sites (tertiary alicyclic amines) is 1. The molecule has 1 aliphatic heterocycles.